The molecule has 41 heavy (non-hydrogen) atoms. The lowest BCUT2D eigenvalue weighted by atomic mass is 9.80. The molecule has 10 heteroatoms. The van der Waals surface area contributed by atoms with Crippen LogP contribution < -0.4 is 20.7 Å². The van der Waals surface area contributed by atoms with Gasteiger partial charge in [-0.05, 0) is 36.8 Å². The lowest BCUT2D eigenvalue weighted by molar-refractivity contribution is -0.139. The van der Waals surface area contributed by atoms with Crippen LogP contribution in [0.15, 0.2) is 102 Å². The Morgan fingerprint density at radius 2 is 1.63 bits per heavy atom. The molecule has 0 aromatic heterocycles. The van der Waals surface area contributed by atoms with Crippen LogP contribution in [0, 0.1) is 11.3 Å². The predicted molar refractivity (Wildman–Crippen MR) is 152 cm³/mol. The van der Waals surface area contributed by atoms with E-state index < -0.39 is 23.8 Å². The first kappa shape index (κ1) is 28.4. The molecule has 0 saturated carbocycles. The fourth-order valence-corrected chi connectivity index (χ4v) is 4.65. The van der Waals surface area contributed by atoms with E-state index in [1.54, 1.807) is 72.8 Å². The van der Waals surface area contributed by atoms with Crippen molar-refractivity contribution >= 4 is 29.2 Å². The number of benzene rings is 3. The molecular weight excluding hydrogens is 524 g/mol. The molecule has 0 radical (unpaired) electrons. The maximum Gasteiger partial charge on any atom is 0.355 e. The van der Waals surface area contributed by atoms with Gasteiger partial charge in [0.05, 0.1) is 55.2 Å². The van der Waals surface area contributed by atoms with Gasteiger partial charge >= 0.3 is 11.9 Å². The number of nitrogens with two attached hydrogens (primary N) is 1. The molecule has 1 unspecified atom stereocenters. The van der Waals surface area contributed by atoms with Gasteiger partial charge in [0.15, 0.2) is 0 Å². The SMILES string of the molecule is CCOc1cccc(NC(=O)c2ccccc2N2C(N)=C(C#N)C(c3ccccc3)C(C(=O)OC)=C2C(=O)OC)c1. The molecule has 3 aromatic rings. The summed E-state index contributed by atoms with van der Waals surface area (Å²) >= 11 is 0. The van der Waals surface area contributed by atoms with Crippen LogP contribution in [0.25, 0.3) is 0 Å². The molecule has 0 spiro atoms. The molecule has 0 fully saturated rings. The van der Waals surface area contributed by atoms with Gasteiger partial charge in [0, 0.05) is 11.8 Å². The highest BCUT2D eigenvalue weighted by molar-refractivity contribution is 6.11. The van der Waals surface area contributed by atoms with Crippen molar-refractivity contribution in [3.8, 4) is 11.8 Å². The Kier molecular flexibility index (Phi) is 8.69. The molecular formula is C31H28N4O6. The lowest BCUT2D eigenvalue weighted by Gasteiger charge is -2.36. The van der Waals surface area contributed by atoms with Crippen LogP contribution in [0.3, 0.4) is 0 Å². The van der Waals surface area contributed by atoms with Crippen LogP contribution in [0.2, 0.25) is 0 Å². The minimum absolute atomic E-state index is 0.0103. The van der Waals surface area contributed by atoms with Crippen molar-refractivity contribution in [2.45, 2.75) is 12.8 Å². The van der Waals surface area contributed by atoms with Crippen molar-refractivity contribution in [2.24, 2.45) is 5.73 Å². The molecule has 4 rings (SSSR count). The van der Waals surface area contributed by atoms with Gasteiger partial charge in [-0.3, -0.25) is 9.69 Å². The number of nitriles is 1. The zero-order valence-electron chi connectivity index (χ0n) is 22.7. The van der Waals surface area contributed by atoms with E-state index in [2.05, 4.69) is 11.4 Å². The Morgan fingerprint density at radius 3 is 2.29 bits per heavy atom. The molecule has 1 atom stereocenters. The third kappa shape index (κ3) is 5.60. The third-order valence-corrected chi connectivity index (χ3v) is 6.40. The summed E-state index contributed by atoms with van der Waals surface area (Å²) in [5, 5.41) is 13.1. The lowest BCUT2D eigenvalue weighted by Crippen LogP contribution is -2.41. The fraction of sp³-hybridized carbons (Fsp3) is 0.161. The minimum Gasteiger partial charge on any atom is -0.494 e. The molecule has 3 aromatic carbocycles. The van der Waals surface area contributed by atoms with Crippen LogP contribution in [0.5, 0.6) is 5.75 Å². The van der Waals surface area contributed by atoms with Crippen LogP contribution >= 0.6 is 0 Å². The van der Waals surface area contributed by atoms with E-state index in [1.807, 2.05) is 6.92 Å². The van der Waals surface area contributed by atoms with Crippen molar-refractivity contribution in [3.05, 3.63) is 113 Å². The van der Waals surface area contributed by atoms with E-state index in [0.29, 0.717) is 23.6 Å². The summed E-state index contributed by atoms with van der Waals surface area (Å²) in [7, 11) is 2.33. The van der Waals surface area contributed by atoms with E-state index in [1.165, 1.54) is 18.1 Å². The van der Waals surface area contributed by atoms with Gasteiger partial charge in [-0.1, -0.05) is 48.5 Å². The summed E-state index contributed by atoms with van der Waals surface area (Å²) in [5.74, 6) is -2.90. The van der Waals surface area contributed by atoms with E-state index >= 15 is 0 Å². The van der Waals surface area contributed by atoms with E-state index in [9.17, 15) is 19.6 Å². The Labute approximate surface area is 237 Å². The first-order valence-electron chi connectivity index (χ1n) is 12.6. The number of methoxy groups -OCH3 is 2. The quantitative estimate of drug-likeness (QED) is 0.392. The Morgan fingerprint density at radius 1 is 0.951 bits per heavy atom. The minimum atomic E-state index is -1.03. The van der Waals surface area contributed by atoms with Crippen molar-refractivity contribution in [1.82, 2.24) is 0 Å². The van der Waals surface area contributed by atoms with Gasteiger partial charge in [0.1, 0.15) is 17.3 Å². The highest BCUT2D eigenvalue weighted by Crippen LogP contribution is 2.44. The number of esters is 2. The van der Waals surface area contributed by atoms with Gasteiger partial charge < -0.3 is 25.3 Å². The number of para-hydroxylation sites is 1. The second-order valence-electron chi connectivity index (χ2n) is 8.77. The number of rotatable bonds is 8. The fourth-order valence-electron chi connectivity index (χ4n) is 4.65. The number of allylic oxidation sites excluding steroid dienone is 1. The normalized spacial score (nSPS) is 14.7. The van der Waals surface area contributed by atoms with Crippen LogP contribution in [0.1, 0.15) is 28.8 Å². The molecule has 10 nitrogen and oxygen atoms in total. The van der Waals surface area contributed by atoms with Crippen molar-refractivity contribution in [3.63, 3.8) is 0 Å². The largest absolute Gasteiger partial charge is 0.494 e. The summed E-state index contributed by atoms with van der Waals surface area (Å²) in [6.07, 6.45) is 0. The molecule has 0 bridgehead atoms. The number of hydrogen-bond acceptors (Lipinski definition) is 9. The van der Waals surface area contributed by atoms with Crippen molar-refractivity contribution in [2.75, 3.05) is 31.0 Å². The number of anilines is 2. The van der Waals surface area contributed by atoms with Crippen molar-refractivity contribution < 1.29 is 28.6 Å². The number of ether oxygens (including phenoxy) is 3. The van der Waals surface area contributed by atoms with Crippen LogP contribution in [-0.2, 0) is 19.1 Å². The summed E-state index contributed by atoms with van der Waals surface area (Å²) in [4.78, 5) is 41.4. The highest BCUT2D eigenvalue weighted by atomic mass is 16.5. The number of nitrogens with zero attached hydrogens (tertiary/aromatic N) is 2. The number of carbonyl (C=O) groups is 3. The standard InChI is InChI=1S/C31H28N4O6/c1-4-41-21-14-10-13-20(17-21)34-29(36)22-15-8-9-16-24(22)35-27(31(38)40-3)26(30(37)39-2)25(23(18-32)28(35)33)19-11-6-5-7-12-19/h5-17,25H,4,33H2,1-3H3,(H,34,36). The first-order chi connectivity index (χ1) is 19.9. The maximum atomic E-state index is 13.6. The van der Waals surface area contributed by atoms with Crippen molar-refractivity contribution in [1.29, 1.82) is 5.26 Å². The zero-order valence-corrected chi connectivity index (χ0v) is 22.7. The monoisotopic (exact) mass is 552 g/mol. The summed E-state index contributed by atoms with van der Waals surface area (Å²) in [5.41, 5.74) is 7.41. The Bertz CT molecular complexity index is 1590. The third-order valence-electron chi connectivity index (χ3n) is 6.40. The molecule has 0 aliphatic carbocycles. The molecule has 1 aliphatic heterocycles. The van der Waals surface area contributed by atoms with Crippen LogP contribution in [0.4, 0.5) is 11.4 Å². The topological polar surface area (TPSA) is 144 Å². The zero-order chi connectivity index (χ0) is 29.5. The smallest absolute Gasteiger partial charge is 0.355 e. The predicted octanol–water partition coefficient (Wildman–Crippen LogP) is 4.24. The first-order valence-corrected chi connectivity index (χ1v) is 12.6. The Balaban J connectivity index is 1.93. The van der Waals surface area contributed by atoms with Gasteiger partial charge in [-0.25, -0.2) is 9.59 Å². The maximum absolute atomic E-state index is 13.6. The summed E-state index contributed by atoms with van der Waals surface area (Å²) in [6.45, 7) is 2.31. The van der Waals surface area contributed by atoms with E-state index in [-0.39, 0.29) is 33.9 Å². The second kappa shape index (κ2) is 12.5. The summed E-state index contributed by atoms with van der Waals surface area (Å²) in [6, 6.07) is 24.0. The second-order valence-corrected chi connectivity index (χ2v) is 8.77. The molecule has 1 aliphatic rings. The number of nitrogens with one attached hydrogen (secondary N) is 1. The molecule has 208 valence electrons. The van der Waals surface area contributed by atoms with E-state index in [0.717, 1.165) is 7.11 Å². The van der Waals surface area contributed by atoms with Gasteiger partial charge in [-0.15, -0.1) is 0 Å². The number of carbonyl (C=O) groups excluding carboxylic acids is 3. The molecule has 3 N–H and O–H groups in total. The molecule has 1 amide bonds. The average molecular weight is 553 g/mol. The van der Waals surface area contributed by atoms with Gasteiger partial charge in [-0.2, -0.15) is 5.26 Å². The molecule has 0 saturated heterocycles. The Hall–Kier alpha value is -5.56. The van der Waals surface area contributed by atoms with Crippen LogP contribution in [-0.4, -0.2) is 38.7 Å². The number of amides is 1. The van der Waals surface area contributed by atoms with Gasteiger partial charge in [0.2, 0.25) is 0 Å². The van der Waals surface area contributed by atoms with Gasteiger partial charge in [0.25, 0.3) is 5.91 Å². The highest BCUT2D eigenvalue weighted by Gasteiger charge is 2.43. The average Bonchev–Trinajstić information content (AvgIpc) is 3.00. The van der Waals surface area contributed by atoms with E-state index in [4.69, 9.17) is 19.9 Å². The number of hydrogen-bond donors (Lipinski definition) is 2. The summed E-state index contributed by atoms with van der Waals surface area (Å²) < 4.78 is 15.7. The molecule has 1 heterocycles.